The van der Waals surface area contributed by atoms with Gasteiger partial charge in [0.05, 0.1) is 11.1 Å². The second-order valence-electron chi connectivity index (χ2n) is 4.11. The Morgan fingerprint density at radius 2 is 2.12 bits per heavy atom. The zero-order valence-electron chi connectivity index (χ0n) is 10.2. The van der Waals surface area contributed by atoms with E-state index in [4.69, 9.17) is 4.74 Å². The van der Waals surface area contributed by atoms with Gasteiger partial charge in [0, 0.05) is 18.2 Å². The first kappa shape index (κ1) is 13.5. The van der Waals surface area contributed by atoms with Crippen LogP contribution in [-0.4, -0.2) is 12.6 Å². The molecule has 1 aromatic rings. The molecule has 1 aromatic carbocycles. The van der Waals surface area contributed by atoms with Gasteiger partial charge in [-0.25, -0.2) is 0 Å². The highest BCUT2D eigenvalue weighted by Crippen LogP contribution is 2.29. The third-order valence-corrected chi connectivity index (χ3v) is 2.82. The van der Waals surface area contributed by atoms with Gasteiger partial charge < -0.3 is 10.1 Å². The minimum Gasteiger partial charge on any atom is -0.492 e. The highest BCUT2D eigenvalue weighted by molar-refractivity contribution is 9.10. The lowest BCUT2D eigenvalue weighted by Gasteiger charge is -2.14. The van der Waals surface area contributed by atoms with Crippen LogP contribution in [0.1, 0.15) is 32.8 Å². The summed E-state index contributed by atoms with van der Waals surface area (Å²) in [6.07, 6.45) is 1.03. The van der Waals surface area contributed by atoms with E-state index in [1.54, 1.807) is 0 Å². The molecule has 0 saturated heterocycles. The SMILES string of the molecule is CCCOc1c(Br)cccc1CNC(C)C. The van der Waals surface area contributed by atoms with Gasteiger partial charge in [-0.05, 0) is 28.4 Å². The molecule has 0 aliphatic rings. The lowest BCUT2D eigenvalue weighted by atomic mass is 10.2. The minimum atomic E-state index is 0.484. The van der Waals surface area contributed by atoms with Crippen molar-refractivity contribution in [1.82, 2.24) is 5.32 Å². The molecule has 16 heavy (non-hydrogen) atoms. The van der Waals surface area contributed by atoms with Crippen LogP contribution in [0.15, 0.2) is 22.7 Å². The fourth-order valence-corrected chi connectivity index (χ4v) is 1.89. The van der Waals surface area contributed by atoms with E-state index in [0.29, 0.717) is 6.04 Å². The highest BCUT2D eigenvalue weighted by Gasteiger charge is 2.07. The van der Waals surface area contributed by atoms with E-state index in [1.807, 2.05) is 12.1 Å². The van der Waals surface area contributed by atoms with Gasteiger partial charge in [0.15, 0.2) is 0 Å². The maximum Gasteiger partial charge on any atom is 0.137 e. The van der Waals surface area contributed by atoms with Crippen molar-refractivity contribution in [1.29, 1.82) is 0 Å². The number of rotatable bonds is 6. The fourth-order valence-electron chi connectivity index (χ4n) is 1.37. The van der Waals surface area contributed by atoms with Crippen LogP contribution in [0, 0.1) is 0 Å². The Balaban J connectivity index is 2.76. The van der Waals surface area contributed by atoms with Crippen LogP contribution in [0.5, 0.6) is 5.75 Å². The van der Waals surface area contributed by atoms with Crippen molar-refractivity contribution in [3.8, 4) is 5.75 Å². The molecule has 0 heterocycles. The standard InChI is InChI=1S/C13H20BrNO/c1-4-8-16-13-11(9-15-10(2)3)6-5-7-12(13)14/h5-7,10,15H,4,8-9H2,1-3H3. The van der Waals surface area contributed by atoms with Crippen LogP contribution in [0.4, 0.5) is 0 Å². The summed E-state index contributed by atoms with van der Waals surface area (Å²) in [7, 11) is 0. The third-order valence-electron chi connectivity index (χ3n) is 2.20. The zero-order chi connectivity index (χ0) is 12.0. The summed E-state index contributed by atoms with van der Waals surface area (Å²) in [5, 5.41) is 3.40. The van der Waals surface area contributed by atoms with Gasteiger partial charge in [0.2, 0.25) is 0 Å². The van der Waals surface area contributed by atoms with E-state index in [9.17, 15) is 0 Å². The summed E-state index contributed by atoms with van der Waals surface area (Å²) in [4.78, 5) is 0. The van der Waals surface area contributed by atoms with E-state index in [1.165, 1.54) is 5.56 Å². The van der Waals surface area contributed by atoms with Crippen LogP contribution < -0.4 is 10.1 Å². The second kappa shape index (κ2) is 6.92. The summed E-state index contributed by atoms with van der Waals surface area (Å²) in [5.74, 6) is 0.970. The molecule has 0 fully saturated rings. The minimum absolute atomic E-state index is 0.484. The Labute approximate surface area is 107 Å². The molecule has 1 rings (SSSR count). The topological polar surface area (TPSA) is 21.3 Å². The van der Waals surface area contributed by atoms with Crippen molar-refractivity contribution >= 4 is 15.9 Å². The number of hydrogen-bond donors (Lipinski definition) is 1. The summed E-state index contributed by atoms with van der Waals surface area (Å²) in [6.45, 7) is 8.01. The molecule has 0 aliphatic carbocycles. The Morgan fingerprint density at radius 1 is 1.38 bits per heavy atom. The first-order valence-corrected chi connectivity index (χ1v) is 6.58. The van der Waals surface area contributed by atoms with Gasteiger partial charge in [0.1, 0.15) is 5.75 Å². The molecule has 0 aromatic heterocycles. The number of benzene rings is 1. The van der Waals surface area contributed by atoms with E-state index < -0.39 is 0 Å². The van der Waals surface area contributed by atoms with Crippen LogP contribution in [0.25, 0.3) is 0 Å². The molecule has 0 radical (unpaired) electrons. The molecule has 0 spiro atoms. The van der Waals surface area contributed by atoms with Crippen LogP contribution >= 0.6 is 15.9 Å². The maximum absolute atomic E-state index is 5.76. The second-order valence-corrected chi connectivity index (χ2v) is 4.97. The van der Waals surface area contributed by atoms with Gasteiger partial charge in [-0.1, -0.05) is 32.9 Å². The monoisotopic (exact) mass is 285 g/mol. The first-order chi connectivity index (χ1) is 7.65. The summed E-state index contributed by atoms with van der Waals surface area (Å²) in [5.41, 5.74) is 1.21. The van der Waals surface area contributed by atoms with Gasteiger partial charge in [0.25, 0.3) is 0 Å². The third kappa shape index (κ3) is 4.14. The van der Waals surface area contributed by atoms with Gasteiger partial charge in [-0.15, -0.1) is 0 Å². The van der Waals surface area contributed by atoms with Crippen molar-refractivity contribution in [2.45, 2.75) is 39.8 Å². The largest absolute Gasteiger partial charge is 0.492 e. The molecular formula is C13H20BrNO. The van der Waals surface area contributed by atoms with Gasteiger partial charge in [-0.2, -0.15) is 0 Å². The molecule has 0 unspecified atom stereocenters. The molecule has 3 heteroatoms. The average Bonchev–Trinajstić information content (AvgIpc) is 2.25. The van der Waals surface area contributed by atoms with Gasteiger partial charge >= 0.3 is 0 Å². The molecule has 2 nitrogen and oxygen atoms in total. The normalized spacial score (nSPS) is 10.8. The molecule has 0 bridgehead atoms. The Bertz CT molecular complexity index is 326. The first-order valence-electron chi connectivity index (χ1n) is 5.78. The van der Waals surface area contributed by atoms with E-state index >= 15 is 0 Å². The van der Waals surface area contributed by atoms with Crippen LogP contribution in [-0.2, 0) is 6.54 Å². The molecule has 0 aliphatic heterocycles. The Kier molecular flexibility index (Phi) is 5.85. The predicted octanol–water partition coefficient (Wildman–Crippen LogP) is 3.74. The van der Waals surface area contributed by atoms with Crippen molar-refractivity contribution in [3.05, 3.63) is 28.2 Å². The van der Waals surface area contributed by atoms with Crippen LogP contribution in [0.3, 0.4) is 0 Å². The molecule has 1 N–H and O–H groups in total. The maximum atomic E-state index is 5.76. The number of ether oxygens (including phenoxy) is 1. The lowest BCUT2D eigenvalue weighted by Crippen LogP contribution is -2.22. The Morgan fingerprint density at radius 3 is 2.75 bits per heavy atom. The smallest absolute Gasteiger partial charge is 0.137 e. The fraction of sp³-hybridized carbons (Fsp3) is 0.538. The van der Waals surface area contributed by atoms with Crippen molar-refractivity contribution in [3.63, 3.8) is 0 Å². The number of nitrogens with one attached hydrogen (secondary N) is 1. The number of hydrogen-bond acceptors (Lipinski definition) is 2. The average molecular weight is 286 g/mol. The van der Waals surface area contributed by atoms with E-state index in [0.717, 1.165) is 29.8 Å². The van der Waals surface area contributed by atoms with E-state index in [-0.39, 0.29) is 0 Å². The molecule has 0 saturated carbocycles. The Hall–Kier alpha value is -0.540. The van der Waals surface area contributed by atoms with E-state index in [2.05, 4.69) is 48.1 Å². The molecule has 0 atom stereocenters. The van der Waals surface area contributed by atoms with Gasteiger partial charge in [-0.3, -0.25) is 0 Å². The molecule has 90 valence electrons. The number of para-hydroxylation sites is 1. The lowest BCUT2D eigenvalue weighted by molar-refractivity contribution is 0.311. The molecular weight excluding hydrogens is 266 g/mol. The summed E-state index contributed by atoms with van der Waals surface area (Å²) >= 11 is 3.53. The zero-order valence-corrected chi connectivity index (χ0v) is 11.8. The van der Waals surface area contributed by atoms with Crippen molar-refractivity contribution < 1.29 is 4.74 Å². The predicted molar refractivity (Wildman–Crippen MR) is 71.9 cm³/mol. The number of halogens is 1. The van der Waals surface area contributed by atoms with Crippen molar-refractivity contribution in [2.24, 2.45) is 0 Å². The highest BCUT2D eigenvalue weighted by atomic mass is 79.9. The van der Waals surface area contributed by atoms with Crippen molar-refractivity contribution in [2.75, 3.05) is 6.61 Å². The van der Waals surface area contributed by atoms with Crippen LogP contribution in [0.2, 0.25) is 0 Å². The quantitative estimate of drug-likeness (QED) is 0.860. The summed E-state index contributed by atoms with van der Waals surface area (Å²) < 4.78 is 6.79. The molecule has 0 amide bonds. The summed E-state index contributed by atoms with van der Waals surface area (Å²) in [6, 6.07) is 6.65.